The molecule has 0 amide bonds. The Morgan fingerprint density at radius 3 is 2.37 bits per heavy atom. The first-order chi connectivity index (χ1) is 9.30. The van der Waals surface area contributed by atoms with E-state index in [2.05, 4.69) is 50.4 Å². The summed E-state index contributed by atoms with van der Waals surface area (Å²) in [6.07, 6.45) is 6.01. The van der Waals surface area contributed by atoms with Crippen LogP contribution in [0.2, 0.25) is 0 Å². The smallest absolute Gasteiger partial charge is 0.119 e. The van der Waals surface area contributed by atoms with Crippen LogP contribution in [0.15, 0.2) is 24.3 Å². The monoisotopic (exact) mass is 263 g/mol. The van der Waals surface area contributed by atoms with E-state index in [1.807, 2.05) is 0 Å². The van der Waals surface area contributed by atoms with Gasteiger partial charge in [-0.25, -0.2) is 0 Å². The Morgan fingerprint density at radius 1 is 1.05 bits per heavy atom. The molecule has 1 atom stereocenters. The molecule has 2 nitrogen and oxygen atoms in total. The maximum Gasteiger partial charge on any atom is 0.119 e. The molecule has 1 aromatic carbocycles. The largest absolute Gasteiger partial charge is 0.494 e. The van der Waals surface area contributed by atoms with Gasteiger partial charge in [0.1, 0.15) is 5.75 Å². The second kappa shape index (κ2) is 9.85. The zero-order chi connectivity index (χ0) is 13.9. The molecule has 1 unspecified atom stereocenters. The lowest BCUT2D eigenvalue weighted by molar-refractivity contribution is 0.309. The Morgan fingerprint density at radius 2 is 1.79 bits per heavy atom. The predicted octanol–water partition coefficient (Wildman–Crippen LogP) is 4.53. The van der Waals surface area contributed by atoms with Gasteiger partial charge in [-0.15, -0.1) is 0 Å². The number of ether oxygens (including phenoxy) is 1. The van der Waals surface area contributed by atoms with Crippen molar-refractivity contribution in [3.63, 3.8) is 0 Å². The molecule has 19 heavy (non-hydrogen) atoms. The molecule has 0 spiro atoms. The zero-order valence-electron chi connectivity index (χ0n) is 12.7. The number of rotatable bonds is 10. The van der Waals surface area contributed by atoms with E-state index in [4.69, 9.17) is 4.74 Å². The molecule has 0 heterocycles. The van der Waals surface area contributed by atoms with Crippen molar-refractivity contribution in [2.24, 2.45) is 0 Å². The fourth-order valence-electron chi connectivity index (χ4n) is 2.10. The van der Waals surface area contributed by atoms with Gasteiger partial charge in [-0.1, -0.05) is 45.7 Å². The molecule has 0 aromatic heterocycles. The minimum absolute atomic E-state index is 0.644. The summed E-state index contributed by atoms with van der Waals surface area (Å²) in [5, 5.41) is 3.62. The first kappa shape index (κ1) is 16.0. The summed E-state index contributed by atoms with van der Waals surface area (Å²) in [4.78, 5) is 0. The number of hydrogen-bond donors (Lipinski definition) is 1. The van der Waals surface area contributed by atoms with Crippen LogP contribution < -0.4 is 10.1 Å². The average molecular weight is 263 g/mol. The van der Waals surface area contributed by atoms with Crippen LogP contribution in [0.5, 0.6) is 5.75 Å². The van der Waals surface area contributed by atoms with Gasteiger partial charge in [0.15, 0.2) is 0 Å². The molecule has 2 heteroatoms. The van der Waals surface area contributed by atoms with E-state index >= 15 is 0 Å². The average Bonchev–Trinajstić information content (AvgIpc) is 2.45. The van der Waals surface area contributed by atoms with E-state index in [1.165, 1.54) is 31.2 Å². The molecule has 0 radical (unpaired) electrons. The lowest BCUT2D eigenvalue weighted by atomic mass is 10.1. The topological polar surface area (TPSA) is 21.3 Å². The first-order valence-corrected chi connectivity index (χ1v) is 7.75. The van der Waals surface area contributed by atoms with Gasteiger partial charge in [-0.05, 0) is 37.0 Å². The highest BCUT2D eigenvalue weighted by Gasteiger charge is 2.04. The summed E-state index contributed by atoms with van der Waals surface area (Å²) in [5.74, 6) is 0.984. The van der Waals surface area contributed by atoms with Gasteiger partial charge in [-0.2, -0.15) is 0 Å². The Kier molecular flexibility index (Phi) is 8.31. The number of unbranched alkanes of at least 4 members (excludes halogenated alkanes) is 1. The zero-order valence-corrected chi connectivity index (χ0v) is 12.7. The van der Waals surface area contributed by atoms with Crippen LogP contribution >= 0.6 is 0 Å². The van der Waals surface area contributed by atoms with E-state index in [-0.39, 0.29) is 0 Å². The van der Waals surface area contributed by atoms with Crippen molar-refractivity contribution in [1.29, 1.82) is 0 Å². The van der Waals surface area contributed by atoms with Crippen LogP contribution in [0.3, 0.4) is 0 Å². The van der Waals surface area contributed by atoms with Crippen LogP contribution in [0, 0.1) is 0 Å². The molecule has 1 aromatic rings. The van der Waals surface area contributed by atoms with Crippen molar-refractivity contribution in [1.82, 2.24) is 5.32 Å². The van der Waals surface area contributed by atoms with Gasteiger partial charge in [-0.3, -0.25) is 0 Å². The standard InChI is InChI=1S/C17H29NO/c1-4-7-13-19-17-11-9-15(10-12-17)14-18-16(6-3)8-5-2/h9-12,16,18H,4-8,13-14H2,1-3H3. The Labute approximate surface area is 118 Å². The fourth-order valence-corrected chi connectivity index (χ4v) is 2.10. The second-order valence-corrected chi connectivity index (χ2v) is 5.12. The lowest BCUT2D eigenvalue weighted by Crippen LogP contribution is -2.27. The van der Waals surface area contributed by atoms with Crippen LogP contribution in [0.4, 0.5) is 0 Å². The van der Waals surface area contributed by atoms with Crippen molar-refractivity contribution in [2.45, 2.75) is 65.5 Å². The van der Waals surface area contributed by atoms with Crippen molar-refractivity contribution < 1.29 is 4.74 Å². The third kappa shape index (κ3) is 6.63. The van der Waals surface area contributed by atoms with Crippen molar-refractivity contribution >= 4 is 0 Å². The molecule has 0 aliphatic carbocycles. The lowest BCUT2D eigenvalue weighted by Gasteiger charge is -2.16. The molecule has 108 valence electrons. The fraction of sp³-hybridized carbons (Fsp3) is 0.647. The molecular formula is C17H29NO. The van der Waals surface area contributed by atoms with Crippen LogP contribution in [0.1, 0.15) is 58.4 Å². The maximum atomic E-state index is 5.67. The summed E-state index contributed by atoms with van der Waals surface area (Å²) < 4.78 is 5.67. The normalized spacial score (nSPS) is 12.4. The van der Waals surface area contributed by atoms with Gasteiger partial charge in [0.05, 0.1) is 6.61 Å². The predicted molar refractivity (Wildman–Crippen MR) is 82.7 cm³/mol. The Balaban J connectivity index is 2.34. The summed E-state index contributed by atoms with van der Waals surface area (Å²) >= 11 is 0. The van der Waals surface area contributed by atoms with Gasteiger partial charge < -0.3 is 10.1 Å². The van der Waals surface area contributed by atoms with E-state index in [0.29, 0.717) is 6.04 Å². The SMILES string of the molecule is CCCCOc1ccc(CNC(CC)CCC)cc1. The van der Waals surface area contributed by atoms with E-state index < -0.39 is 0 Å². The first-order valence-electron chi connectivity index (χ1n) is 7.75. The van der Waals surface area contributed by atoms with Crippen LogP contribution in [0.25, 0.3) is 0 Å². The summed E-state index contributed by atoms with van der Waals surface area (Å²) in [7, 11) is 0. The van der Waals surface area contributed by atoms with Gasteiger partial charge in [0.2, 0.25) is 0 Å². The minimum atomic E-state index is 0.644. The van der Waals surface area contributed by atoms with Crippen molar-refractivity contribution in [2.75, 3.05) is 6.61 Å². The highest BCUT2D eigenvalue weighted by atomic mass is 16.5. The number of benzene rings is 1. The highest BCUT2D eigenvalue weighted by molar-refractivity contribution is 5.27. The molecule has 1 rings (SSSR count). The molecule has 0 bridgehead atoms. The molecular weight excluding hydrogens is 234 g/mol. The number of nitrogens with one attached hydrogen (secondary N) is 1. The molecule has 0 saturated carbocycles. The molecule has 0 aliphatic rings. The highest BCUT2D eigenvalue weighted by Crippen LogP contribution is 2.13. The molecule has 0 fully saturated rings. The quantitative estimate of drug-likeness (QED) is 0.626. The van der Waals surface area contributed by atoms with Crippen molar-refractivity contribution in [3.05, 3.63) is 29.8 Å². The van der Waals surface area contributed by atoms with Crippen molar-refractivity contribution in [3.8, 4) is 5.75 Å². The molecule has 0 saturated heterocycles. The number of hydrogen-bond acceptors (Lipinski definition) is 2. The van der Waals surface area contributed by atoms with Gasteiger partial charge in [0.25, 0.3) is 0 Å². The maximum absolute atomic E-state index is 5.67. The van der Waals surface area contributed by atoms with Crippen LogP contribution in [-0.2, 0) is 6.54 Å². The van der Waals surface area contributed by atoms with E-state index in [0.717, 1.165) is 25.3 Å². The van der Waals surface area contributed by atoms with Gasteiger partial charge >= 0.3 is 0 Å². The third-order valence-corrected chi connectivity index (χ3v) is 3.41. The van der Waals surface area contributed by atoms with E-state index in [9.17, 15) is 0 Å². The third-order valence-electron chi connectivity index (χ3n) is 3.41. The Bertz CT molecular complexity index is 321. The van der Waals surface area contributed by atoms with E-state index in [1.54, 1.807) is 0 Å². The molecule has 0 aliphatic heterocycles. The second-order valence-electron chi connectivity index (χ2n) is 5.12. The molecule has 1 N–H and O–H groups in total. The summed E-state index contributed by atoms with van der Waals surface area (Å²) in [6, 6.07) is 9.12. The summed E-state index contributed by atoms with van der Waals surface area (Å²) in [5.41, 5.74) is 1.33. The Hall–Kier alpha value is -1.02. The van der Waals surface area contributed by atoms with Gasteiger partial charge in [0, 0.05) is 12.6 Å². The van der Waals surface area contributed by atoms with Crippen LogP contribution in [-0.4, -0.2) is 12.6 Å². The summed E-state index contributed by atoms with van der Waals surface area (Å²) in [6.45, 7) is 8.44. The minimum Gasteiger partial charge on any atom is -0.494 e.